The van der Waals surface area contributed by atoms with Gasteiger partial charge < -0.3 is 18.9 Å². The van der Waals surface area contributed by atoms with Crippen molar-refractivity contribution in [1.82, 2.24) is 0 Å². The van der Waals surface area contributed by atoms with Gasteiger partial charge in [0.1, 0.15) is 29.8 Å². The number of hydrogen-bond donors (Lipinski definition) is 0. The quantitative estimate of drug-likeness (QED) is 0.400. The maximum atomic E-state index is 12.7. The lowest BCUT2D eigenvalue weighted by molar-refractivity contribution is -0.131. The molecule has 0 amide bonds. The van der Waals surface area contributed by atoms with Gasteiger partial charge in [-0.2, -0.15) is 0 Å². The Morgan fingerprint density at radius 1 is 1.00 bits per heavy atom. The van der Waals surface area contributed by atoms with Crippen LogP contribution < -0.4 is 9.47 Å². The van der Waals surface area contributed by atoms with Gasteiger partial charge in [0.05, 0.1) is 6.61 Å². The van der Waals surface area contributed by atoms with Gasteiger partial charge in [-0.15, -0.1) is 0 Å². The number of hydrogen-bond acceptors (Lipinski definition) is 6. The standard InChI is InChI=1S/C24H30O6/c1-17(2)15-21(16-28-20-11-9-19(10-12-20)13-14-27-4)30-24(26)22-7-5-6-8-23(22)29-18(3)25/h5-12,17,21H,13-16H2,1-4H3. The molecule has 2 rings (SSSR count). The van der Waals surface area contributed by atoms with Gasteiger partial charge in [-0.3, -0.25) is 4.79 Å². The summed E-state index contributed by atoms with van der Waals surface area (Å²) >= 11 is 0. The topological polar surface area (TPSA) is 71.1 Å². The molecule has 0 N–H and O–H groups in total. The monoisotopic (exact) mass is 414 g/mol. The van der Waals surface area contributed by atoms with Crippen molar-refractivity contribution in [3.8, 4) is 11.5 Å². The highest BCUT2D eigenvalue weighted by atomic mass is 16.6. The molecule has 0 aliphatic carbocycles. The molecule has 6 nitrogen and oxygen atoms in total. The van der Waals surface area contributed by atoms with Crippen LogP contribution in [0.15, 0.2) is 48.5 Å². The number of rotatable bonds is 11. The Morgan fingerprint density at radius 2 is 1.70 bits per heavy atom. The minimum Gasteiger partial charge on any atom is -0.490 e. The van der Waals surface area contributed by atoms with Crippen LogP contribution >= 0.6 is 0 Å². The van der Waals surface area contributed by atoms with Crippen molar-refractivity contribution < 1.29 is 28.5 Å². The van der Waals surface area contributed by atoms with Gasteiger partial charge in [-0.05, 0) is 48.6 Å². The molecule has 0 fully saturated rings. The number of carbonyl (C=O) groups is 2. The third-order valence-corrected chi connectivity index (χ3v) is 4.32. The lowest BCUT2D eigenvalue weighted by atomic mass is 10.1. The molecule has 0 heterocycles. The second-order valence-corrected chi connectivity index (χ2v) is 7.44. The van der Waals surface area contributed by atoms with Crippen LogP contribution in [-0.4, -0.2) is 38.4 Å². The highest BCUT2D eigenvalue weighted by molar-refractivity contribution is 5.93. The van der Waals surface area contributed by atoms with E-state index in [0.29, 0.717) is 24.7 Å². The normalized spacial score (nSPS) is 11.8. The molecule has 0 aromatic heterocycles. The molecule has 0 spiro atoms. The molecule has 0 bridgehead atoms. The van der Waals surface area contributed by atoms with Crippen LogP contribution in [0.25, 0.3) is 0 Å². The summed E-state index contributed by atoms with van der Waals surface area (Å²) in [4.78, 5) is 24.0. The molecule has 0 aliphatic heterocycles. The fourth-order valence-corrected chi connectivity index (χ4v) is 2.93. The van der Waals surface area contributed by atoms with E-state index in [4.69, 9.17) is 18.9 Å². The van der Waals surface area contributed by atoms with Crippen LogP contribution in [0.1, 0.15) is 43.1 Å². The van der Waals surface area contributed by atoms with E-state index in [0.717, 1.165) is 12.0 Å². The van der Waals surface area contributed by atoms with Crippen molar-refractivity contribution in [2.24, 2.45) is 5.92 Å². The summed E-state index contributed by atoms with van der Waals surface area (Å²) in [5.41, 5.74) is 1.38. The second-order valence-electron chi connectivity index (χ2n) is 7.44. The number of methoxy groups -OCH3 is 1. The Bertz CT molecular complexity index is 813. The predicted molar refractivity (Wildman–Crippen MR) is 114 cm³/mol. The first kappa shape index (κ1) is 23.4. The molecule has 0 radical (unpaired) electrons. The summed E-state index contributed by atoms with van der Waals surface area (Å²) in [6.07, 6.45) is 1.05. The van der Waals surface area contributed by atoms with Crippen molar-refractivity contribution in [3.05, 3.63) is 59.7 Å². The van der Waals surface area contributed by atoms with Crippen molar-refractivity contribution in [2.75, 3.05) is 20.3 Å². The molecular formula is C24H30O6. The largest absolute Gasteiger partial charge is 0.490 e. The maximum Gasteiger partial charge on any atom is 0.342 e. The highest BCUT2D eigenvalue weighted by Crippen LogP contribution is 2.22. The zero-order valence-electron chi connectivity index (χ0n) is 18.1. The predicted octanol–water partition coefficient (Wildman–Crippen LogP) is 4.45. The van der Waals surface area contributed by atoms with Crippen LogP contribution in [0.5, 0.6) is 11.5 Å². The molecule has 2 aromatic carbocycles. The molecular weight excluding hydrogens is 384 g/mol. The van der Waals surface area contributed by atoms with Crippen LogP contribution in [0.2, 0.25) is 0 Å². The van der Waals surface area contributed by atoms with E-state index in [9.17, 15) is 9.59 Å². The highest BCUT2D eigenvalue weighted by Gasteiger charge is 2.21. The van der Waals surface area contributed by atoms with Gasteiger partial charge >= 0.3 is 11.9 Å². The van der Waals surface area contributed by atoms with E-state index in [1.807, 2.05) is 24.3 Å². The zero-order chi connectivity index (χ0) is 21.9. The van der Waals surface area contributed by atoms with Crippen molar-refractivity contribution in [3.63, 3.8) is 0 Å². The molecule has 1 atom stereocenters. The number of esters is 2. The van der Waals surface area contributed by atoms with E-state index in [2.05, 4.69) is 13.8 Å². The van der Waals surface area contributed by atoms with Gasteiger partial charge in [0.2, 0.25) is 0 Å². The molecule has 6 heteroatoms. The van der Waals surface area contributed by atoms with Crippen LogP contribution in [-0.2, 0) is 20.7 Å². The summed E-state index contributed by atoms with van der Waals surface area (Å²) in [6, 6.07) is 14.3. The number of para-hydroxylation sites is 1. The molecule has 0 aliphatic rings. The molecule has 0 saturated carbocycles. The Hall–Kier alpha value is -2.86. The summed E-state index contributed by atoms with van der Waals surface area (Å²) in [5, 5.41) is 0. The van der Waals surface area contributed by atoms with Gasteiger partial charge in [-0.1, -0.05) is 38.1 Å². The van der Waals surface area contributed by atoms with E-state index in [1.165, 1.54) is 6.92 Å². The lowest BCUT2D eigenvalue weighted by Crippen LogP contribution is -2.27. The van der Waals surface area contributed by atoms with Crippen LogP contribution in [0, 0.1) is 5.92 Å². The molecule has 0 saturated heterocycles. The average Bonchev–Trinajstić information content (AvgIpc) is 2.70. The van der Waals surface area contributed by atoms with Crippen LogP contribution in [0.4, 0.5) is 0 Å². The lowest BCUT2D eigenvalue weighted by Gasteiger charge is -2.21. The fourth-order valence-electron chi connectivity index (χ4n) is 2.93. The van der Waals surface area contributed by atoms with E-state index < -0.39 is 18.0 Å². The Morgan fingerprint density at radius 3 is 2.33 bits per heavy atom. The minimum atomic E-state index is -0.545. The summed E-state index contributed by atoms with van der Waals surface area (Å²) in [5.74, 6) is 0.168. The molecule has 2 aromatic rings. The Balaban J connectivity index is 2.02. The number of benzene rings is 2. The second kappa shape index (κ2) is 12.0. The first-order valence-electron chi connectivity index (χ1n) is 10.1. The molecule has 162 valence electrons. The van der Waals surface area contributed by atoms with Gasteiger partial charge in [0.25, 0.3) is 0 Å². The Kier molecular flexibility index (Phi) is 9.35. The fraction of sp³-hybridized carbons (Fsp3) is 0.417. The first-order chi connectivity index (χ1) is 14.4. The summed E-state index contributed by atoms with van der Waals surface area (Å²) < 4.78 is 21.8. The van der Waals surface area contributed by atoms with Crippen LogP contribution in [0.3, 0.4) is 0 Å². The number of carbonyl (C=O) groups excluding carboxylic acids is 2. The summed E-state index contributed by atoms with van der Waals surface area (Å²) in [7, 11) is 1.68. The van der Waals surface area contributed by atoms with Crippen molar-refractivity contribution in [1.29, 1.82) is 0 Å². The first-order valence-corrected chi connectivity index (χ1v) is 10.1. The van der Waals surface area contributed by atoms with Crippen molar-refractivity contribution >= 4 is 11.9 Å². The van der Waals surface area contributed by atoms with Gasteiger partial charge in [0, 0.05) is 14.0 Å². The average molecular weight is 414 g/mol. The smallest absolute Gasteiger partial charge is 0.342 e. The van der Waals surface area contributed by atoms with E-state index in [-0.39, 0.29) is 17.9 Å². The molecule has 30 heavy (non-hydrogen) atoms. The van der Waals surface area contributed by atoms with E-state index in [1.54, 1.807) is 31.4 Å². The Labute approximate surface area is 178 Å². The SMILES string of the molecule is COCCc1ccc(OCC(CC(C)C)OC(=O)c2ccccc2OC(C)=O)cc1. The van der Waals surface area contributed by atoms with Gasteiger partial charge in [0.15, 0.2) is 0 Å². The third-order valence-electron chi connectivity index (χ3n) is 4.32. The third kappa shape index (κ3) is 7.87. The minimum absolute atomic E-state index is 0.186. The van der Waals surface area contributed by atoms with Crippen molar-refractivity contribution in [2.45, 2.75) is 39.7 Å². The molecule has 1 unspecified atom stereocenters. The van der Waals surface area contributed by atoms with E-state index >= 15 is 0 Å². The van der Waals surface area contributed by atoms with Gasteiger partial charge in [-0.25, -0.2) is 4.79 Å². The zero-order valence-corrected chi connectivity index (χ0v) is 18.1. The summed E-state index contributed by atoms with van der Waals surface area (Å²) in [6.45, 7) is 6.30. The maximum absolute atomic E-state index is 12.7. The number of ether oxygens (including phenoxy) is 4.